The topological polar surface area (TPSA) is 89.3 Å². The highest BCUT2D eigenvalue weighted by molar-refractivity contribution is 7.90. The number of carbonyl (C=O) groups excluding carboxylic acids is 1. The van der Waals surface area contributed by atoms with Crippen molar-refractivity contribution in [2.45, 2.75) is 43.7 Å². The zero-order chi connectivity index (χ0) is 16.2. The van der Waals surface area contributed by atoms with Crippen LogP contribution in [-0.4, -0.2) is 26.6 Å². The lowest BCUT2D eigenvalue weighted by Gasteiger charge is -2.18. The lowest BCUT2D eigenvalue weighted by atomic mass is 10.1. The summed E-state index contributed by atoms with van der Waals surface area (Å²) in [5, 5.41) is 2.69. The van der Waals surface area contributed by atoms with Crippen molar-refractivity contribution < 1.29 is 17.6 Å². The minimum atomic E-state index is -3.60. The number of halogens is 1. The first kappa shape index (κ1) is 17.6. The van der Waals surface area contributed by atoms with Gasteiger partial charge in [-0.2, -0.15) is 0 Å². The first-order chi connectivity index (χ1) is 9.66. The molecule has 1 rings (SSSR count). The smallest absolute Gasteiger partial charge is 0.237 e. The number of nitrogens with one attached hydrogen (secondary N) is 1. The van der Waals surface area contributed by atoms with Gasteiger partial charge < -0.3 is 11.1 Å². The molecule has 3 N–H and O–H groups in total. The van der Waals surface area contributed by atoms with E-state index in [4.69, 9.17) is 5.73 Å². The molecule has 0 fully saturated rings. The van der Waals surface area contributed by atoms with Gasteiger partial charge in [-0.3, -0.25) is 4.79 Å². The van der Waals surface area contributed by atoms with E-state index in [2.05, 4.69) is 5.32 Å². The third-order valence-corrected chi connectivity index (χ3v) is 4.28. The van der Waals surface area contributed by atoms with Crippen LogP contribution in [0.4, 0.5) is 4.39 Å². The molecule has 0 heterocycles. The predicted molar refractivity (Wildman–Crippen MR) is 79.0 cm³/mol. The highest BCUT2D eigenvalue weighted by atomic mass is 32.2. The average molecular weight is 316 g/mol. The van der Waals surface area contributed by atoms with Crippen LogP contribution in [0.1, 0.15) is 38.3 Å². The van der Waals surface area contributed by atoms with Crippen molar-refractivity contribution in [3.05, 3.63) is 29.6 Å². The largest absolute Gasteiger partial charge is 0.348 e. The number of carbonyl (C=O) groups is 1. The number of nitrogens with two attached hydrogens (primary N) is 1. The van der Waals surface area contributed by atoms with Gasteiger partial charge in [-0.05, 0) is 31.0 Å². The molecule has 0 aliphatic carbocycles. The molecule has 0 aromatic heterocycles. The Balaban J connectivity index is 2.87. The molecule has 5 nitrogen and oxygen atoms in total. The highest BCUT2D eigenvalue weighted by Crippen LogP contribution is 2.20. The Morgan fingerprint density at radius 1 is 1.43 bits per heavy atom. The number of rotatable bonds is 6. The molecule has 7 heteroatoms. The van der Waals surface area contributed by atoms with Crippen LogP contribution in [0.15, 0.2) is 23.1 Å². The van der Waals surface area contributed by atoms with Crippen molar-refractivity contribution in [3.8, 4) is 0 Å². The van der Waals surface area contributed by atoms with Crippen LogP contribution in [0.3, 0.4) is 0 Å². The molecular formula is C14H21FN2O3S. The number of benzene rings is 1. The zero-order valence-electron chi connectivity index (χ0n) is 12.4. The van der Waals surface area contributed by atoms with Crippen LogP contribution in [0.5, 0.6) is 0 Å². The van der Waals surface area contributed by atoms with E-state index in [-0.39, 0.29) is 10.8 Å². The van der Waals surface area contributed by atoms with Gasteiger partial charge in [0.15, 0.2) is 9.84 Å². The van der Waals surface area contributed by atoms with E-state index >= 15 is 0 Å². The first-order valence-electron chi connectivity index (χ1n) is 6.72. The van der Waals surface area contributed by atoms with Gasteiger partial charge in [-0.1, -0.05) is 19.4 Å². The van der Waals surface area contributed by atoms with Crippen LogP contribution in [-0.2, 0) is 14.6 Å². The second-order valence-corrected chi connectivity index (χ2v) is 7.07. The van der Waals surface area contributed by atoms with Crippen LogP contribution < -0.4 is 11.1 Å². The summed E-state index contributed by atoms with van der Waals surface area (Å²) in [5.74, 6) is -1.13. The molecule has 1 aromatic carbocycles. The standard InChI is InChI=1S/C14H21FN2O3S/c1-4-5-12(16)14(18)17-9(2)10-6-7-13(11(15)8-10)21(3,19)20/h6-9,12H,4-5,16H2,1-3H3,(H,17,18). The highest BCUT2D eigenvalue weighted by Gasteiger charge is 2.18. The molecule has 0 radical (unpaired) electrons. The van der Waals surface area contributed by atoms with Crippen molar-refractivity contribution >= 4 is 15.7 Å². The molecule has 0 saturated carbocycles. The molecule has 2 atom stereocenters. The number of amides is 1. The fourth-order valence-electron chi connectivity index (χ4n) is 1.93. The van der Waals surface area contributed by atoms with E-state index in [1.807, 2.05) is 6.92 Å². The molecule has 0 bridgehead atoms. The Bertz CT molecular complexity index is 617. The SMILES string of the molecule is CCCC(N)C(=O)NC(C)c1ccc(S(C)(=O)=O)c(F)c1. The van der Waals surface area contributed by atoms with Gasteiger partial charge in [0.05, 0.1) is 12.1 Å². The van der Waals surface area contributed by atoms with E-state index in [9.17, 15) is 17.6 Å². The predicted octanol–water partition coefficient (Wildman–Crippen LogP) is 1.53. The van der Waals surface area contributed by atoms with Crippen LogP contribution >= 0.6 is 0 Å². The average Bonchev–Trinajstić information content (AvgIpc) is 2.37. The number of hydrogen-bond donors (Lipinski definition) is 2. The summed E-state index contributed by atoms with van der Waals surface area (Å²) in [7, 11) is -3.60. The van der Waals surface area contributed by atoms with Crippen molar-refractivity contribution in [3.63, 3.8) is 0 Å². The van der Waals surface area contributed by atoms with Crippen molar-refractivity contribution in [1.29, 1.82) is 0 Å². The molecule has 21 heavy (non-hydrogen) atoms. The Labute approximate surface area is 124 Å². The Morgan fingerprint density at radius 3 is 2.52 bits per heavy atom. The molecule has 0 aliphatic heterocycles. The van der Waals surface area contributed by atoms with Gasteiger partial charge in [-0.25, -0.2) is 12.8 Å². The van der Waals surface area contributed by atoms with E-state index in [1.165, 1.54) is 12.1 Å². The monoisotopic (exact) mass is 316 g/mol. The maximum atomic E-state index is 13.8. The summed E-state index contributed by atoms with van der Waals surface area (Å²) in [5.41, 5.74) is 6.18. The lowest BCUT2D eigenvalue weighted by Crippen LogP contribution is -2.41. The molecule has 1 aromatic rings. The number of sulfone groups is 1. The second kappa shape index (κ2) is 7.00. The Morgan fingerprint density at radius 2 is 2.05 bits per heavy atom. The summed E-state index contributed by atoms with van der Waals surface area (Å²) < 4.78 is 36.5. The van der Waals surface area contributed by atoms with E-state index < -0.39 is 27.7 Å². The molecule has 0 aliphatic rings. The maximum absolute atomic E-state index is 13.8. The van der Waals surface area contributed by atoms with E-state index in [0.29, 0.717) is 12.0 Å². The molecule has 2 unspecified atom stereocenters. The third-order valence-electron chi connectivity index (χ3n) is 3.15. The summed E-state index contributed by atoms with van der Waals surface area (Å²) in [6.45, 7) is 3.61. The van der Waals surface area contributed by atoms with Crippen molar-refractivity contribution in [1.82, 2.24) is 5.32 Å². The van der Waals surface area contributed by atoms with E-state index in [0.717, 1.165) is 18.7 Å². The first-order valence-corrected chi connectivity index (χ1v) is 8.61. The third kappa shape index (κ3) is 4.78. The van der Waals surface area contributed by atoms with Crippen molar-refractivity contribution in [2.75, 3.05) is 6.26 Å². The minimum Gasteiger partial charge on any atom is -0.348 e. The van der Waals surface area contributed by atoms with E-state index in [1.54, 1.807) is 6.92 Å². The molecule has 0 spiro atoms. The minimum absolute atomic E-state index is 0.308. The van der Waals surface area contributed by atoms with Crippen LogP contribution in [0.2, 0.25) is 0 Å². The van der Waals surface area contributed by atoms with Crippen LogP contribution in [0, 0.1) is 5.82 Å². The normalized spacial score (nSPS) is 14.5. The van der Waals surface area contributed by atoms with Gasteiger partial charge in [0, 0.05) is 6.26 Å². The molecule has 1 amide bonds. The van der Waals surface area contributed by atoms with Gasteiger partial charge in [0.1, 0.15) is 10.7 Å². The molecular weight excluding hydrogens is 295 g/mol. The molecule has 118 valence electrons. The van der Waals surface area contributed by atoms with Gasteiger partial charge in [-0.15, -0.1) is 0 Å². The second-order valence-electron chi connectivity index (χ2n) is 5.09. The fraction of sp³-hybridized carbons (Fsp3) is 0.500. The lowest BCUT2D eigenvalue weighted by molar-refractivity contribution is -0.123. The quantitative estimate of drug-likeness (QED) is 0.833. The zero-order valence-corrected chi connectivity index (χ0v) is 13.2. The Hall–Kier alpha value is -1.47. The van der Waals surface area contributed by atoms with Gasteiger partial charge >= 0.3 is 0 Å². The Kier molecular flexibility index (Phi) is 5.86. The van der Waals surface area contributed by atoms with Gasteiger partial charge in [0.2, 0.25) is 5.91 Å². The summed E-state index contributed by atoms with van der Waals surface area (Å²) in [6.07, 6.45) is 2.31. The van der Waals surface area contributed by atoms with Crippen LogP contribution in [0.25, 0.3) is 0 Å². The summed E-state index contributed by atoms with van der Waals surface area (Å²) >= 11 is 0. The molecule has 0 saturated heterocycles. The van der Waals surface area contributed by atoms with Crippen molar-refractivity contribution in [2.24, 2.45) is 5.73 Å². The maximum Gasteiger partial charge on any atom is 0.237 e. The summed E-state index contributed by atoms with van der Waals surface area (Å²) in [6, 6.07) is 2.75. The van der Waals surface area contributed by atoms with Gasteiger partial charge in [0.25, 0.3) is 0 Å². The fourth-order valence-corrected chi connectivity index (χ4v) is 2.66. The number of hydrogen-bond acceptors (Lipinski definition) is 4. The summed E-state index contributed by atoms with van der Waals surface area (Å²) in [4.78, 5) is 11.4.